The second kappa shape index (κ2) is 6.62. The zero-order valence-corrected chi connectivity index (χ0v) is 12.7. The van der Waals surface area contributed by atoms with Crippen LogP contribution in [0.3, 0.4) is 0 Å². The number of carbonyl (C=O) groups excluding carboxylic acids is 1. The number of nitrogens with one attached hydrogen (secondary N) is 1. The second-order valence-corrected chi connectivity index (χ2v) is 5.70. The van der Waals surface area contributed by atoms with Gasteiger partial charge in [0.15, 0.2) is 0 Å². The summed E-state index contributed by atoms with van der Waals surface area (Å²) in [6.07, 6.45) is 0. The molecule has 0 fully saturated rings. The summed E-state index contributed by atoms with van der Waals surface area (Å²) in [5, 5.41) is 14.0. The molecule has 0 radical (unpaired) electrons. The van der Waals surface area contributed by atoms with Crippen LogP contribution in [0.5, 0.6) is 0 Å². The van der Waals surface area contributed by atoms with Gasteiger partial charge in [0.1, 0.15) is 0 Å². The van der Waals surface area contributed by atoms with E-state index in [0.717, 1.165) is 16.9 Å². The number of halogens is 1. The van der Waals surface area contributed by atoms with Gasteiger partial charge in [0, 0.05) is 11.4 Å². The molecule has 1 aromatic heterocycles. The third-order valence-electron chi connectivity index (χ3n) is 2.66. The number of hydrogen-bond acceptors (Lipinski definition) is 4. The Kier molecular flexibility index (Phi) is 4.86. The summed E-state index contributed by atoms with van der Waals surface area (Å²) in [6, 6.07) is 12.2. The Morgan fingerprint density at radius 3 is 2.55 bits per heavy atom. The fourth-order valence-corrected chi connectivity index (χ4v) is 2.93. The molecule has 0 aliphatic heterocycles. The van der Waals surface area contributed by atoms with E-state index in [1.807, 2.05) is 30.3 Å². The van der Waals surface area contributed by atoms with Crippen LogP contribution >= 0.6 is 27.3 Å². The van der Waals surface area contributed by atoms with Gasteiger partial charge in [0.2, 0.25) is 0 Å². The monoisotopic (exact) mass is 354 g/mol. The number of hydrogen-bond donors (Lipinski definition) is 1. The van der Waals surface area contributed by atoms with E-state index < -0.39 is 4.92 Å². The normalized spacial score (nSPS) is 11.8. The molecular weight excluding hydrogens is 344 g/mol. The molecule has 1 N–H and O–H groups in total. The van der Waals surface area contributed by atoms with Crippen LogP contribution in [0.15, 0.2) is 42.5 Å². The number of benzene rings is 1. The lowest BCUT2D eigenvalue weighted by Gasteiger charge is -2.15. The fraction of sp³-hybridized carbons (Fsp3) is 0.154. The van der Waals surface area contributed by atoms with Crippen molar-refractivity contribution in [2.45, 2.75) is 6.04 Å². The summed E-state index contributed by atoms with van der Waals surface area (Å²) in [6.45, 7) is 0. The van der Waals surface area contributed by atoms with Crippen molar-refractivity contribution in [2.24, 2.45) is 0 Å². The summed E-state index contributed by atoms with van der Waals surface area (Å²) >= 11 is 4.23. The van der Waals surface area contributed by atoms with E-state index in [9.17, 15) is 14.9 Å². The SMILES string of the molecule is O=C(NC(CBr)c1ccccc1)c1ccc([N+](=O)[O-])s1. The first kappa shape index (κ1) is 14.7. The predicted octanol–water partition coefficient (Wildman–Crippen LogP) is 3.52. The highest BCUT2D eigenvalue weighted by Gasteiger charge is 2.18. The molecule has 0 aliphatic carbocycles. The van der Waals surface area contributed by atoms with Crippen LogP contribution in [0.4, 0.5) is 5.00 Å². The van der Waals surface area contributed by atoms with Crippen LogP contribution < -0.4 is 5.32 Å². The lowest BCUT2D eigenvalue weighted by molar-refractivity contribution is -0.380. The van der Waals surface area contributed by atoms with E-state index in [1.165, 1.54) is 12.1 Å². The maximum Gasteiger partial charge on any atom is 0.324 e. The minimum absolute atomic E-state index is 0.0368. The van der Waals surface area contributed by atoms with Crippen molar-refractivity contribution in [1.29, 1.82) is 0 Å². The molecule has 0 spiro atoms. The van der Waals surface area contributed by atoms with Crippen LogP contribution in [0.2, 0.25) is 0 Å². The molecule has 5 nitrogen and oxygen atoms in total. The van der Waals surface area contributed by atoms with Crippen LogP contribution in [0.25, 0.3) is 0 Å². The number of alkyl halides is 1. The molecule has 1 heterocycles. The Morgan fingerprint density at radius 2 is 2.00 bits per heavy atom. The Hall–Kier alpha value is -1.73. The first-order valence-corrected chi connectivity index (χ1v) is 7.71. The number of rotatable bonds is 5. The van der Waals surface area contributed by atoms with E-state index in [0.29, 0.717) is 10.2 Å². The molecule has 104 valence electrons. The third kappa shape index (κ3) is 3.43. The molecule has 20 heavy (non-hydrogen) atoms. The van der Waals surface area contributed by atoms with Crippen molar-refractivity contribution >= 4 is 38.2 Å². The van der Waals surface area contributed by atoms with Crippen molar-refractivity contribution in [1.82, 2.24) is 5.32 Å². The van der Waals surface area contributed by atoms with Gasteiger partial charge in [-0.1, -0.05) is 57.6 Å². The number of thiophene rings is 1. The van der Waals surface area contributed by atoms with Gasteiger partial charge in [-0.15, -0.1) is 0 Å². The highest BCUT2D eigenvalue weighted by atomic mass is 79.9. The van der Waals surface area contributed by atoms with Crippen molar-refractivity contribution in [3.05, 3.63) is 63.0 Å². The number of carbonyl (C=O) groups is 1. The molecule has 1 unspecified atom stereocenters. The maximum atomic E-state index is 12.1. The van der Waals surface area contributed by atoms with E-state index in [1.54, 1.807) is 0 Å². The zero-order chi connectivity index (χ0) is 14.5. The topological polar surface area (TPSA) is 72.2 Å². The van der Waals surface area contributed by atoms with Gasteiger partial charge in [0.05, 0.1) is 15.8 Å². The maximum absolute atomic E-state index is 12.1. The van der Waals surface area contributed by atoms with Gasteiger partial charge in [-0.05, 0) is 11.6 Å². The van der Waals surface area contributed by atoms with Crippen molar-refractivity contribution in [2.75, 3.05) is 5.33 Å². The minimum Gasteiger partial charge on any atom is -0.344 e. The summed E-state index contributed by atoms with van der Waals surface area (Å²) in [7, 11) is 0. The molecule has 0 saturated heterocycles. The average molecular weight is 355 g/mol. The van der Waals surface area contributed by atoms with Gasteiger partial charge in [-0.2, -0.15) is 0 Å². The van der Waals surface area contributed by atoms with Crippen LogP contribution in [-0.4, -0.2) is 16.2 Å². The smallest absolute Gasteiger partial charge is 0.324 e. The molecule has 0 saturated carbocycles. The zero-order valence-electron chi connectivity index (χ0n) is 10.3. The first-order valence-electron chi connectivity index (χ1n) is 5.78. The highest BCUT2D eigenvalue weighted by Crippen LogP contribution is 2.25. The Balaban J connectivity index is 2.11. The Morgan fingerprint density at radius 1 is 1.30 bits per heavy atom. The number of amides is 1. The van der Waals surface area contributed by atoms with Gasteiger partial charge < -0.3 is 5.32 Å². The number of nitrogens with zero attached hydrogens (tertiary/aromatic N) is 1. The van der Waals surface area contributed by atoms with Crippen molar-refractivity contribution in [3.63, 3.8) is 0 Å². The van der Waals surface area contributed by atoms with Gasteiger partial charge in [-0.25, -0.2) is 0 Å². The average Bonchev–Trinajstić information content (AvgIpc) is 2.95. The largest absolute Gasteiger partial charge is 0.344 e. The Bertz CT molecular complexity index is 615. The van der Waals surface area contributed by atoms with Crippen LogP contribution in [0, 0.1) is 10.1 Å². The lowest BCUT2D eigenvalue weighted by atomic mass is 10.1. The minimum atomic E-state index is -0.499. The summed E-state index contributed by atoms with van der Waals surface area (Å²) in [4.78, 5) is 22.5. The van der Waals surface area contributed by atoms with E-state index in [-0.39, 0.29) is 17.0 Å². The quantitative estimate of drug-likeness (QED) is 0.507. The molecule has 2 aromatic rings. The second-order valence-electron chi connectivity index (χ2n) is 3.99. The standard InChI is InChI=1S/C13H11BrN2O3S/c14-8-10(9-4-2-1-3-5-9)15-13(17)11-6-7-12(20-11)16(18)19/h1-7,10H,8H2,(H,15,17). The lowest BCUT2D eigenvalue weighted by Crippen LogP contribution is -2.28. The summed E-state index contributed by atoms with van der Waals surface area (Å²) in [5.74, 6) is -0.309. The molecule has 0 aliphatic rings. The Labute approximate surface area is 127 Å². The fourth-order valence-electron chi connectivity index (χ4n) is 1.67. The number of nitro groups is 1. The van der Waals surface area contributed by atoms with E-state index in [4.69, 9.17) is 0 Å². The van der Waals surface area contributed by atoms with Gasteiger partial charge in [0.25, 0.3) is 5.91 Å². The third-order valence-corrected chi connectivity index (χ3v) is 4.34. The molecule has 2 rings (SSSR count). The molecular formula is C13H11BrN2O3S. The summed E-state index contributed by atoms with van der Waals surface area (Å²) < 4.78 is 0. The molecule has 0 bridgehead atoms. The molecule has 7 heteroatoms. The van der Waals surface area contributed by atoms with Crippen LogP contribution in [0.1, 0.15) is 21.3 Å². The summed E-state index contributed by atoms with van der Waals surface area (Å²) in [5.41, 5.74) is 0.976. The van der Waals surface area contributed by atoms with E-state index >= 15 is 0 Å². The van der Waals surface area contributed by atoms with Crippen LogP contribution in [-0.2, 0) is 0 Å². The highest BCUT2D eigenvalue weighted by molar-refractivity contribution is 9.09. The van der Waals surface area contributed by atoms with Crippen molar-refractivity contribution in [3.8, 4) is 0 Å². The molecule has 1 aromatic carbocycles. The van der Waals surface area contributed by atoms with Crippen molar-refractivity contribution < 1.29 is 9.72 Å². The van der Waals surface area contributed by atoms with Gasteiger partial charge >= 0.3 is 5.00 Å². The first-order chi connectivity index (χ1) is 9.61. The molecule has 1 atom stereocenters. The predicted molar refractivity (Wildman–Crippen MR) is 81.4 cm³/mol. The molecule has 1 amide bonds. The van der Waals surface area contributed by atoms with Gasteiger partial charge in [-0.3, -0.25) is 14.9 Å². The van der Waals surface area contributed by atoms with E-state index in [2.05, 4.69) is 21.2 Å².